The molecule has 0 amide bonds. The lowest BCUT2D eigenvalue weighted by Gasteiger charge is -2.30. The van der Waals surface area contributed by atoms with Gasteiger partial charge >= 0.3 is 6.18 Å². The summed E-state index contributed by atoms with van der Waals surface area (Å²) in [4.78, 5) is 5.99. The Bertz CT molecular complexity index is 1370. The number of rotatable bonds is 6. The SMILES string of the molecule is CCOc1cc2nc(-c3nnc4ccc([C@H](N5CC[C@H](CN)C5)C(F)(F)F)cn34)ccc2cc1F. The van der Waals surface area contributed by atoms with Crippen molar-refractivity contribution < 1.29 is 22.3 Å². The summed E-state index contributed by atoms with van der Waals surface area (Å²) < 4.78 is 63.6. The summed E-state index contributed by atoms with van der Waals surface area (Å²) in [5.41, 5.74) is 7.04. The highest BCUT2D eigenvalue weighted by Crippen LogP contribution is 2.40. The van der Waals surface area contributed by atoms with Crippen molar-refractivity contribution in [2.75, 3.05) is 26.2 Å². The molecule has 0 radical (unpaired) electrons. The number of likely N-dealkylation sites (tertiary alicyclic amines) is 1. The maximum atomic E-state index is 14.2. The van der Waals surface area contributed by atoms with E-state index in [0.29, 0.717) is 54.9 Å². The van der Waals surface area contributed by atoms with Crippen LogP contribution in [0.5, 0.6) is 5.75 Å². The fraction of sp³-hybridized carbons (Fsp3) is 0.375. The van der Waals surface area contributed by atoms with Gasteiger partial charge in [0.25, 0.3) is 0 Å². The first kappa shape index (κ1) is 23.4. The lowest BCUT2D eigenvalue weighted by Crippen LogP contribution is -2.37. The quantitative estimate of drug-likeness (QED) is 0.406. The van der Waals surface area contributed by atoms with E-state index in [1.165, 1.54) is 39.8 Å². The highest BCUT2D eigenvalue weighted by Gasteiger charge is 2.46. The van der Waals surface area contributed by atoms with Crippen LogP contribution in [-0.2, 0) is 0 Å². The van der Waals surface area contributed by atoms with E-state index in [0.717, 1.165) is 0 Å². The normalized spacial score (nSPS) is 17.9. The van der Waals surface area contributed by atoms with Crippen molar-refractivity contribution in [3.05, 3.63) is 54.0 Å². The summed E-state index contributed by atoms with van der Waals surface area (Å²) in [6, 6.07) is 7.33. The lowest BCUT2D eigenvalue weighted by molar-refractivity contribution is -0.184. The largest absolute Gasteiger partial charge is 0.491 e. The van der Waals surface area contributed by atoms with Crippen LogP contribution in [0.1, 0.15) is 24.9 Å². The molecule has 1 fully saturated rings. The van der Waals surface area contributed by atoms with E-state index in [4.69, 9.17) is 10.5 Å². The van der Waals surface area contributed by atoms with Gasteiger partial charge in [-0.15, -0.1) is 10.2 Å². The summed E-state index contributed by atoms with van der Waals surface area (Å²) in [6.07, 6.45) is -2.42. The predicted octanol–water partition coefficient (Wildman–Crippen LogP) is 4.37. The Kier molecular flexibility index (Phi) is 6.06. The molecule has 0 unspecified atom stereocenters. The molecule has 0 spiro atoms. The molecule has 4 aromatic rings. The number of alkyl halides is 3. The van der Waals surface area contributed by atoms with Gasteiger partial charge in [0.1, 0.15) is 11.7 Å². The average Bonchev–Trinajstić information content (AvgIpc) is 3.46. The van der Waals surface area contributed by atoms with Gasteiger partial charge in [-0.3, -0.25) is 9.30 Å². The standard InChI is InChI=1S/C24H24F4N6O/c1-2-35-20-10-19-15(9-17(20)25)3-5-18(30-19)23-32-31-21-6-4-16(13-34(21)23)22(24(26,27)28)33-8-7-14(11-29)12-33/h3-6,9-10,13-14,22H,2,7-8,11-12,29H2,1H3/t14-,22+/m1/s1. The highest BCUT2D eigenvalue weighted by atomic mass is 19.4. The average molecular weight is 488 g/mol. The Hall–Kier alpha value is -3.31. The molecular formula is C24H24F4N6O. The smallest absolute Gasteiger partial charge is 0.408 e. The van der Waals surface area contributed by atoms with Crippen molar-refractivity contribution in [1.29, 1.82) is 0 Å². The summed E-state index contributed by atoms with van der Waals surface area (Å²) in [5.74, 6) is -0.0913. The van der Waals surface area contributed by atoms with Crippen molar-refractivity contribution >= 4 is 16.6 Å². The maximum absolute atomic E-state index is 14.2. The fourth-order valence-corrected chi connectivity index (χ4v) is 4.65. The number of fused-ring (bicyclic) bond motifs is 2. The van der Waals surface area contributed by atoms with Gasteiger partial charge in [-0.05, 0) is 56.1 Å². The van der Waals surface area contributed by atoms with E-state index < -0.39 is 18.0 Å². The molecule has 35 heavy (non-hydrogen) atoms. The Morgan fingerprint density at radius 1 is 1.17 bits per heavy atom. The molecule has 2 atom stereocenters. The van der Waals surface area contributed by atoms with Gasteiger partial charge in [0.2, 0.25) is 0 Å². The molecule has 1 aliphatic heterocycles. The zero-order valence-corrected chi connectivity index (χ0v) is 19.0. The van der Waals surface area contributed by atoms with Crippen LogP contribution in [0.25, 0.3) is 28.1 Å². The summed E-state index contributed by atoms with van der Waals surface area (Å²) in [5, 5.41) is 8.83. The number of nitrogens with two attached hydrogens (primary N) is 1. The number of benzene rings is 1. The minimum Gasteiger partial charge on any atom is -0.491 e. The van der Waals surface area contributed by atoms with E-state index in [9.17, 15) is 17.6 Å². The molecule has 0 aliphatic carbocycles. The third-order valence-electron chi connectivity index (χ3n) is 6.34. The predicted molar refractivity (Wildman–Crippen MR) is 122 cm³/mol. The molecule has 7 nitrogen and oxygen atoms in total. The van der Waals surface area contributed by atoms with Gasteiger partial charge in [0, 0.05) is 24.2 Å². The van der Waals surface area contributed by atoms with E-state index in [2.05, 4.69) is 15.2 Å². The minimum atomic E-state index is -4.47. The molecule has 3 aromatic heterocycles. The molecule has 0 bridgehead atoms. The summed E-state index contributed by atoms with van der Waals surface area (Å²) in [7, 11) is 0. The van der Waals surface area contributed by atoms with Crippen LogP contribution >= 0.6 is 0 Å². The molecule has 5 rings (SSSR count). The van der Waals surface area contributed by atoms with E-state index in [1.807, 2.05) is 0 Å². The third-order valence-corrected chi connectivity index (χ3v) is 6.34. The van der Waals surface area contributed by atoms with Crippen molar-refractivity contribution in [2.45, 2.75) is 25.6 Å². The molecule has 11 heteroatoms. The molecule has 1 aliphatic rings. The first-order chi connectivity index (χ1) is 16.8. The number of hydrogen-bond donors (Lipinski definition) is 1. The van der Waals surface area contributed by atoms with Gasteiger partial charge in [-0.25, -0.2) is 9.37 Å². The number of nitrogens with zero attached hydrogens (tertiary/aromatic N) is 5. The second-order valence-electron chi connectivity index (χ2n) is 8.65. The fourth-order valence-electron chi connectivity index (χ4n) is 4.65. The molecule has 2 N–H and O–H groups in total. The van der Waals surface area contributed by atoms with Gasteiger partial charge in [0.05, 0.1) is 12.1 Å². The Balaban J connectivity index is 1.57. The van der Waals surface area contributed by atoms with E-state index in [1.54, 1.807) is 19.1 Å². The second kappa shape index (κ2) is 9.04. The monoisotopic (exact) mass is 488 g/mol. The Labute approximate surface area is 198 Å². The Morgan fingerprint density at radius 3 is 2.71 bits per heavy atom. The van der Waals surface area contributed by atoms with Crippen LogP contribution in [0.3, 0.4) is 0 Å². The number of halogens is 4. The maximum Gasteiger partial charge on any atom is 0.408 e. The molecule has 1 saturated heterocycles. The van der Waals surface area contributed by atoms with E-state index >= 15 is 0 Å². The molecule has 0 saturated carbocycles. The lowest BCUT2D eigenvalue weighted by atomic mass is 10.1. The van der Waals surface area contributed by atoms with Crippen LogP contribution in [-0.4, -0.2) is 56.9 Å². The first-order valence-electron chi connectivity index (χ1n) is 11.4. The van der Waals surface area contributed by atoms with Crippen molar-refractivity contribution in [3.63, 3.8) is 0 Å². The van der Waals surface area contributed by atoms with Crippen LogP contribution in [0, 0.1) is 11.7 Å². The second-order valence-corrected chi connectivity index (χ2v) is 8.65. The van der Waals surface area contributed by atoms with E-state index in [-0.39, 0.29) is 23.1 Å². The van der Waals surface area contributed by atoms with Gasteiger partial charge in [-0.1, -0.05) is 12.1 Å². The summed E-state index contributed by atoms with van der Waals surface area (Å²) in [6.45, 7) is 3.02. The van der Waals surface area contributed by atoms with Crippen LogP contribution in [0.4, 0.5) is 17.6 Å². The highest BCUT2D eigenvalue weighted by molar-refractivity contribution is 5.82. The Morgan fingerprint density at radius 2 is 2.00 bits per heavy atom. The summed E-state index contributed by atoms with van der Waals surface area (Å²) >= 11 is 0. The number of ether oxygens (including phenoxy) is 1. The molecule has 184 valence electrons. The zero-order valence-electron chi connectivity index (χ0n) is 19.0. The number of hydrogen-bond acceptors (Lipinski definition) is 6. The van der Waals surface area contributed by atoms with Crippen LogP contribution in [0.15, 0.2) is 42.6 Å². The topological polar surface area (TPSA) is 81.6 Å². The van der Waals surface area contributed by atoms with Crippen molar-refractivity contribution in [1.82, 2.24) is 24.5 Å². The van der Waals surface area contributed by atoms with Gasteiger partial charge in [-0.2, -0.15) is 13.2 Å². The minimum absolute atomic E-state index is 0.0438. The third kappa shape index (κ3) is 4.41. The van der Waals surface area contributed by atoms with Gasteiger partial charge < -0.3 is 10.5 Å². The first-order valence-corrected chi connectivity index (χ1v) is 11.4. The zero-order chi connectivity index (χ0) is 24.7. The number of aromatic nitrogens is 4. The molecular weight excluding hydrogens is 464 g/mol. The van der Waals surface area contributed by atoms with Crippen molar-refractivity contribution in [3.8, 4) is 17.3 Å². The van der Waals surface area contributed by atoms with Crippen LogP contribution < -0.4 is 10.5 Å². The van der Waals surface area contributed by atoms with Gasteiger partial charge in [0.15, 0.2) is 23.0 Å². The van der Waals surface area contributed by atoms with Crippen molar-refractivity contribution in [2.24, 2.45) is 11.7 Å². The molecule has 4 heterocycles. The number of pyridine rings is 2. The van der Waals surface area contributed by atoms with Crippen LogP contribution in [0.2, 0.25) is 0 Å². The molecule has 1 aromatic carbocycles.